The minimum Gasteiger partial charge on any atom is -0.497 e. The van der Waals surface area contributed by atoms with Gasteiger partial charge in [0.15, 0.2) is 0 Å². The lowest BCUT2D eigenvalue weighted by Crippen LogP contribution is -2.20. The minimum atomic E-state index is 0.0316. The van der Waals surface area contributed by atoms with E-state index in [1.807, 2.05) is 24.3 Å². The molecule has 0 atom stereocenters. The van der Waals surface area contributed by atoms with Crippen LogP contribution in [-0.4, -0.2) is 19.6 Å². The summed E-state index contributed by atoms with van der Waals surface area (Å²) in [7, 11) is 1.66. The molecule has 1 aromatic rings. The van der Waals surface area contributed by atoms with Gasteiger partial charge in [-0.25, -0.2) is 0 Å². The second-order valence-corrected chi connectivity index (χ2v) is 3.80. The van der Waals surface area contributed by atoms with Gasteiger partial charge in [0.1, 0.15) is 5.75 Å². The van der Waals surface area contributed by atoms with Crippen LogP contribution in [0.2, 0.25) is 0 Å². The van der Waals surface area contributed by atoms with E-state index in [1.54, 1.807) is 7.11 Å². The van der Waals surface area contributed by atoms with Crippen LogP contribution in [0.5, 0.6) is 5.75 Å². The first-order chi connectivity index (χ1) is 8.22. The summed E-state index contributed by atoms with van der Waals surface area (Å²) in [5.41, 5.74) is 1.16. The monoisotopic (exact) mass is 233 g/mol. The van der Waals surface area contributed by atoms with E-state index in [0.29, 0.717) is 0 Å². The number of rotatable bonds is 6. The molecular formula is C14H19NO2. The zero-order valence-electron chi connectivity index (χ0n) is 10.4. The Morgan fingerprint density at radius 1 is 1.35 bits per heavy atom. The van der Waals surface area contributed by atoms with Gasteiger partial charge in [-0.3, -0.25) is 4.79 Å². The SMILES string of the molecule is COc1ccc(/C=C\CCCNC(C)=O)cc1. The fraction of sp³-hybridized carbons (Fsp3) is 0.357. The molecule has 0 unspecified atom stereocenters. The maximum absolute atomic E-state index is 10.6. The summed E-state index contributed by atoms with van der Waals surface area (Å²) in [5.74, 6) is 0.900. The summed E-state index contributed by atoms with van der Waals surface area (Å²) in [6.45, 7) is 2.27. The highest BCUT2D eigenvalue weighted by molar-refractivity contribution is 5.72. The van der Waals surface area contributed by atoms with Crippen LogP contribution < -0.4 is 10.1 Å². The third-order valence-corrected chi connectivity index (χ3v) is 2.35. The Kier molecular flexibility index (Phi) is 5.86. The highest BCUT2D eigenvalue weighted by atomic mass is 16.5. The Morgan fingerprint density at radius 2 is 2.06 bits per heavy atom. The molecule has 0 fully saturated rings. The second-order valence-electron chi connectivity index (χ2n) is 3.80. The number of ether oxygens (including phenoxy) is 1. The second kappa shape index (κ2) is 7.49. The van der Waals surface area contributed by atoms with Gasteiger partial charge >= 0.3 is 0 Å². The van der Waals surface area contributed by atoms with Crippen LogP contribution >= 0.6 is 0 Å². The summed E-state index contributed by atoms with van der Waals surface area (Å²) < 4.78 is 5.08. The van der Waals surface area contributed by atoms with Gasteiger partial charge in [-0.1, -0.05) is 24.3 Å². The maximum atomic E-state index is 10.6. The number of methoxy groups -OCH3 is 1. The molecule has 1 rings (SSSR count). The zero-order valence-corrected chi connectivity index (χ0v) is 10.4. The largest absolute Gasteiger partial charge is 0.497 e. The molecule has 0 aliphatic rings. The van der Waals surface area contributed by atoms with Crippen LogP contribution in [0.4, 0.5) is 0 Å². The van der Waals surface area contributed by atoms with Crippen molar-refractivity contribution in [1.29, 1.82) is 0 Å². The van der Waals surface area contributed by atoms with Crippen molar-refractivity contribution in [1.82, 2.24) is 5.32 Å². The molecule has 92 valence electrons. The first-order valence-electron chi connectivity index (χ1n) is 5.77. The molecule has 0 bridgehead atoms. The Hall–Kier alpha value is -1.77. The molecule has 0 spiro atoms. The van der Waals surface area contributed by atoms with Crippen LogP contribution in [0.1, 0.15) is 25.3 Å². The van der Waals surface area contributed by atoms with Gasteiger partial charge in [0, 0.05) is 13.5 Å². The first kappa shape index (κ1) is 13.3. The number of carbonyl (C=O) groups is 1. The summed E-state index contributed by atoms with van der Waals surface area (Å²) >= 11 is 0. The number of unbranched alkanes of at least 4 members (excludes halogenated alkanes) is 1. The smallest absolute Gasteiger partial charge is 0.216 e. The van der Waals surface area contributed by atoms with Gasteiger partial charge in [0.05, 0.1) is 7.11 Å². The number of nitrogens with one attached hydrogen (secondary N) is 1. The Labute approximate surface area is 102 Å². The van der Waals surface area contributed by atoms with Crippen molar-refractivity contribution in [2.45, 2.75) is 19.8 Å². The Balaban J connectivity index is 2.25. The molecular weight excluding hydrogens is 214 g/mol. The fourth-order valence-electron chi connectivity index (χ4n) is 1.42. The highest BCUT2D eigenvalue weighted by Gasteiger charge is 1.91. The van der Waals surface area contributed by atoms with Crippen LogP contribution in [0.15, 0.2) is 30.3 Å². The van der Waals surface area contributed by atoms with E-state index >= 15 is 0 Å². The third-order valence-electron chi connectivity index (χ3n) is 2.35. The van der Waals surface area contributed by atoms with Gasteiger partial charge in [-0.05, 0) is 30.5 Å². The topological polar surface area (TPSA) is 38.3 Å². The van der Waals surface area contributed by atoms with Crippen molar-refractivity contribution in [2.75, 3.05) is 13.7 Å². The van der Waals surface area contributed by atoms with E-state index in [0.717, 1.165) is 30.7 Å². The summed E-state index contributed by atoms with van der Waals surface area (Å²) in [6.07, 6.45) is 6.12. The molecule has 0 aliphatic carbocycles. The summed E-state index contributed by atoms with van der Waals surface area (Å²) in [5, 5.41) is 2.77. The molecule has 0 saturated carbocycles. The van der Waals surface area contributed by atoms with E-state index in [2.05, 4.69) is 17.5 Å². The minimum absolute atomic E-state index is 0.0316. The van der Waals surface area contributed by atoms with Gasteiger partial charge in [0.25, 0.3) is 0 Å². The quantitative estimate of drug-likeness (QED) is 0.767. The van der Waals surface area contributed by atoms with E-state index in [-0.39, 0.29) is 5.91 Å². The Bertz CT molecular complexity index is 368. The van der Waals surface area contributed by atoms with Crippen LogP contribution in [0.3, 0.4) is 0 Å². The van der Waals surface area contributed by atoms with Crippen molar-refractivity contribution >= 4 is 12.0 Å². The molecule has 1 amide bonds. The van der Waals surface area contributed by atoms with Crippen molar-refractivity contribution in [3.8, 4) is 5.75 Å². The normalized spacial score (nSPS) is 10.5. The summed E-state index contributed by atoms with van der Waals surface area (Å²) in [6, 6.07) is 7.92. The van der Waals surface area contributed by atoms with Crippen molar-refractivity contribution < 1.29 is 9.53 Å². The van der Waals surface area contributed by atoms with Crippen LogP contribution in [0.25, 0.3) is 6.08 Å². The number of amides is 1. The van der Waals surface area contributed by atoms with Crippen molar-refractivity contribution in [3.63, 3.8) is 0 Å². The lowest BCUT2D eigenvalue weighted by Gasteiger charge is -2.00. The molecule has 17 heavy (non-hydrogen) atoms. The summed E-state index contributed by atoms with van der Waals surface area (Å²) in [4.78, 5) is 10.6. The average Bonchev–Trinajstić information content (AvgIpc) is 2.34. The predicted octanol–water partition coefficient (Wildman–Crippen LogP) is 2.62. The molecule has 1 aromatic carbocycles. The standard InChI is InChI=1S/C14H19NO2/c1-12(16)15-11-5-3-4-6-13-7-9-14(17-2)10-8-13/h4,6-10H,3,5,11H2,1-2H3,(H,15,16)/b6-4-. The fourth-order valence-corrected chi connectivity index (χ4v) is 1.42. The Morgan fingerprint density at radius 3 is 2.65 bits per heavy atom. The maximum Gasteiger partial charge on any atom is 0.216 e. The third kappa shape index (κ3) is 5.76. The predicted molar refractivity (Wildman–Crippen MR) is 69.9 cm³/mol. The van der Waals surface area contributed by atoms with Gasteiger partial charge in [-0.2, -0.15) is 0 Å². The molecule has 0 heterocycles. The molecule has 3 nitrogen and oxygen atoms in total. The van der Waals surface area contributed by atoms with Crippen molar-refractivity contribution in [3.05, 3.63) is 35.9 Å². The molecule has 1 N–H and O–H groups in total. The van der Waals surface area contributed by atoms with Crippen LogP contribution in [-0.2, 0) is 4.79 Å². The van der Waals surface area contributed by atoms with Crippen LogP contribution in [0, 0.1) is 0 Å². The number of hydrogen-bond donors (Lipinski definition) is 1. The number of carbonyl (C=O) groups excluding carboxylic acids is 1. The lowest BCUT2D eigenvalue weighted by molar-refractivity contribution is -0.118. The zero-order chi connectivity index (χ0) is 12.5. The molecule has 0 aromatic heterocycles. The molecule has 0 aliphatic heterocycles. The van der Waals surface area contributed by atoms with E-state index in [4.69, 9.17) is 4.74 Å². The van der Waals surface area contributed by atoms with E-state index < -0.39 is 0 Å². The molecule has 0 saturated heterocycles. The van der Waals surface area contributed by atoms with Gasteiger partial charge in [-0.15, -0.1) is 0 Å². The molecule has 0 radical (unpaired) electrons. The number of allylic oxidation sites excluding steroid dienone is 1. The lowest BCUT2D eigenvalue weighted by atomic mass is 10.2. The number of hydrogen-bond acceptors (Lipinski definition) is 2. The first-order valence-corrected chi connectivity index (χ1v) is 5.77. The average molecular weight is 233 g/mol. The van der Waals surface area contributed by atoms with E-state index in [9.17, 15) is 4.79 Å². The van der Waals surface area contributed by atoms with Crippen molar-refractivity contribution in [2.24, 2.45) is 0 Å². The highest BCUT2D eigenvalue weighted by Crippen LogP contribution is 2.12. The van der Waals surface area contributed by atoms with Gasteiger partial charge in [0.2, 0.25) is 5.91 Å². The molecule has 3 heteroatoms. The van der Waals surface area contributed by atoms with Gasteiger partial charge < -0.3 is 10.1 Å². The van der Waals surface area contributed by atoms with E-state index in [1.165, 1.54) is 6.92 Å². The number of benzene rings is 1.